The van der Waals surface area contributed by atoms with Crippen molar-refractivity contribution in [1.82, 2.24) is 29.4 Å². The minimum Gasteiger partial charge on any atom is -0.444 e. The second kappa shape index (κ2) is 6.19. The first kappa shape index (κ1) is 16.5. The van der Waals surface area contributed by atoms with Gasteiger partial charge in [-0.3, -0.25) is 9.48 Å². The van der Waals surface area contributed by atoms with Crippen LogP contribution in [0.25, 0.3) is 39.3 Å². The highest BCUT2D eigenvalue weighted by atomic mass is 16.3. The zero-order chi connectivity index (χ0) is 19.3. The lowest BCUT2D eigenvalue weighted by Crippen LogP contribution is -2.14. The second-order valence-corrected chi connectivity index (χ2v) is 6.57. The number of hydrogen-bond donors (Lipinski definition) is 1. The van der Waals surface area contributed by atoms with Gasteiger partial charge in [-0.2, -0.15) is 14.7 Å². The minimum atomic E-state index is -0.221. The van der Waals surface area contributed by atoms with E-state index in [0.717, 1.165) is 35.1 Å². The number of oxazole rings is 1. The topological polar surface area (TPSA) is 94.0 Å². The molecule has 0 aliphatic carbocycles. The predicted molar refractivity (Wildman–Crippen MR) is 105 cm³/mol. The van der Waals surface area contributed by atoms with Crippen molar-refractivity contribution < 1.29 is 4.42 Å². The summed E-state index contributed by atoms with van der Waals surface area (Å²) in [7, 11) is 0. The molecule has 8 nitrogen and oxygen atoms in total. The van der Waals surface area contributed by atoms with Gasteiger partial charge in [0, 0.05) is 18.0 Å². The predicted octanol–water partition coefficient (Wildman–Crippen LogP) is 3.28. The van der Waals surface area contributed by atoms with Crippen molar-refractivity contribution in [2.24, 2.45) is 0 Å². The van der Waals surface area contributed by atoms with Crippen molar-refractivity contribution in [3.05, 3.63) is 59.0 Å². The molecule has 28 heavy (non-hydrogen) atoms. The van der Waals surface area contributed by atoms with Crippen LogP contribution in [0.1, 0.15) is 19.5 Å². The zero-order valence-electron chi connectivity index (χ0n) is 15.5. The Morgan fingerprint density at radius 2 is 2.04 bits per heavy atom. The Hall–Kier alpha value is -3.68. The summed E-state index contributed by atoms with van der Waals surface area (Å²) in [6.07, 6.45) is 5.83. The Labute approximate surface area is 159 Å². The van der Waals surface area contributed by atoms with Crippen LogP contribution in [0.2, 0.25) is 0 Å². The Morgan fingerprint density at radius 3 is 2.82 bits per heavy atom. The van der Waals surface area contributed by atoms with Crippen molar-refractivity contribution >= 4 is 16.6 Å². The summed E-state index contributed by atoms with van der Waals surface area (Å²) in [5.74, 6) is 0.444. The molecule has 0 saturated carbocycles. The molecule has 0 fully saturated rings. The molecule has 0 aliphatic heterocycles. The van der Waals surface area contributed by atoms with Gasteiger partial charge in [-0.1, -0.05) is 13.0 Å². The van der Waals surface area contributed by atoms with E-state index < -0.39 is 0 Å². The van der Waals surface area contributed by atoms with Crippen LogP contribution in [0.5, 0.6) is 0 Å². The van der Waals surface area contributed by atoms with Crippen LogP contribution in [-0.4, -0.2) is 29.4 Å². The molecule has 0 saturated heterocycles. The van der Waals surface area contributed by atoms with E-state index in [1.54, 1.807) is 18.5 Å². The molecule has 140 valence electrons. The van der Waals surface area contributed by atoms with Crippen LogP contribution in [0, 0.1) is 0 Å². The SMILES string of the molecule is CCc1coc(-c2cnn3c(=O)cc(-c4ccc5c(cnn5CC)c4)[nH]c23)n1. The standard InChI is InChI=1S/C20H18N6O2/c1-3-14-11-28-20(23-14)15-10-22-26-18(27)8-16(24-19(15)26)12-5-6-17-13(7-12)9-21-25(17)4-2/h5-11,24H,3-4H2,1-2H3. The molecule has 0 aliphatic rings. The van der Waals surface area contributed by atoms with E-state index in [0.29, 0.717) is 22.8 Å². The maximum absolute atomic E-state index is 12.6. The largest absolute Gasteiger partial charge is 0.444 e. The fourth-order valence-electron chi connectivity index (χ4n) is 3.40. The number of aromatic amines is 1. The van der Waals surface area contributed by atoms with Gasteiger partial charge in [0.1, 0.15) is 11.8 Å². The van der Waals surface area contributed by atoms with Crippen molar-refractivity contribution in [2.75, 3.05) is 0 Å². The van der Waals surface area contributed by atoms with Gasteiger partial charge in [0.05, 0.1) is 29.3 Å². The van der Waals surface area contributed by atoms with E-state index >= 15 is 0 Å². The molecule has 0 radical (unpaired) electrons. The first-order valence-electron chi connectivity index (χ1n) is 9.19. The quantitative estimate of drug-likeness (QED) is 0.521. The number of aromatic nitrogens is 6. The fraction of sp³-hybridized carbons (Fsp3) is 0.200. The van der Waals surface area contributed by atoms with E-state index in [4.69, 9.17) is 4.42 Å². The average Bonchev–Trinajstić information content (AvgIpc) is 3.44. The monoisotopic (exact) mass is 374 g/mol. The molecule has 4 heterocycles. The summed E-state index contributed by atoms with van der Waals surface area (Å²) in [6, 6.07) is 7.56. The molecule has 1 N–H and O–H groups in total. The van der Waals surface area contributed by atoms with Gasteiger partial charge in [0.2, 0.25) is 5.89 Å². The van der Waals surface area contributed by atoms with Crippen molar-refractivity contribution in [1.29, 1.82) is 0 Å². The summed E-state index contributed by atoms with van der Waals surface area (Å²) < 4.78 is 8.83. The Bertz CT molecular complexity index is 1370. The summed E-state index contributed by atoms with van der Waals surface area (Å²) in [5.41, 5.74) is 4.50. The zero-order valence-corrected chi connectivity index (χ0v) is 15.5. The van der Waals surface area contributed by atoms with Crippen LogP contribution in [-0.2, 0) is 13.0 Å². The number of hydrogen-bond acceptors (Lipinski definition) is 5. The molecule has 8 heteroatoms. The third-order valence-corrected chi connectivity index (χ3v) is 4.90. The van der Waals surface area contributed by atoms with E-state index in [2.05, 4.69) is 27.1 Å². The molecular formula is C20H18N6O2. The van der Waals surface area contributed by atoms with Crippen LogP contribution < -0.4 is 5.56 Å². The van der Waals surface area contributed by atoms with E-state index in [1.165, 1.54) is 4.52 Å². The molecule has 5 rings (SSSR count). The average molecular weight is 374 g/mol. The lowest BCUT2D eigenvalue weighted by Gasteiger charge is -2.05. The molecule has 0 unspecified atom stereocenters. The van der Waals surface area contributed by atoms with Gasteiger partial charge in [-0.05, 0) is 31.0 Å². The summed E-state index contributed by atoms with van der Waals surface area (Å²) in [6.45, 7) is 4.87. The van der Waals surface area contributed by atoms with Gasteiger partial charge >= 0.3 is 0 Å². The minimum absolute atomic E-state index is 0.221. The van der Waals surface area contributed by atoms with Crippen LogP contribution in [0.3, 0.4) is 0 Å². The molecule has 4 aromatic heterocycles. The van der Waals surface area contributed by atoms with E-state index in [-0.39, 0.29) is 5.56 Å². The Balaban J connectivity index is 1.68. The lowest BCUT2D eigenvalue weighted by molar-refractivity contribution is 0.573. The number of benzene rings is 1. The maximum atomic E-state index is 12.6. The van der Waals surface area contributed by atoms with Crippen molar-refractivity contribution in [3.63, 3.8) is 0 Å². The summed E-state index contributed by atoms with van der Waals surface area (Å²) >= 11 is 0. The van der Waals surface area contributed by atoms with Gasteiger partial charge < -0.3 is 9.40 Å². The maximum Gasteiger partial charge on any atom is 0.274 e. The number of fused-ring (bicyclic) bond motifs is 2. The van der Waals surface area contributed by atoms with Crippen LogP contribution in [0.15, 0.2) is 52.1 Å². The van der Waals surface area contributed by atoms with Crippen LogP contribution >= 0.6 is 0 Å². The number of nitrogens with one attached hydrogen (secondary N) is 1. The smallest absolute Gasteiger partial charge is 0.274 e. The molecule has 5 aromatic rings. The molecule has 1 aromatic carbocycles. The highest BCUT2D eigenvalue weighted by Gasteiger charge is 2.16. The molecule has 0 spiro atoms. The third-order valence-electron chi connectivity index (χ3n) is 4.90. The lowest BCUT2D eigenvalue weighted by atomic mass is 10.1. The van der Waals surface area contributed by atoms with Crippen molar-refractivity contribution in [2.45, 2.75) is 26.8 Å². The van der Waals surface area contributed by atoms with E-state index in [9.17, 15) is 4.79 Å². The Morgan fingerprint density at radius 1 is 1.14 bits per heavy atom. The van der Waals surface area contributed by atoms with Gasteiger partial charge in [0.15, 0.2) is 5.65 Å². The Kier molecular flexibility index (Phi) is 3.65. The fourth-order valence-corrected chi connectivity index (χ4v) is 3.40. The number of H-pyrrole nitrogens is 1. The highest BCUT2D eigenvalue weighted by molar-refractivity contribution is 5.84. The van der Waals surface area contributed by atoms with Gasteiger partial charge in [0.25, 0.3) is 5.56 Å². The first-order chi connectivity index (χ1) is 13.7. The number of rotatable bonds is 4. The molecule has 0 atom stereocenters. The second-order valence-electron chi connectivity index (χ2n) is 6.57. The highest BCUT2D eigenvalue weighted by Crippen LogP contribution is 2.26. The third kappa shape index (κ3) is 2.45. The molecular weight excluding hydrogens is 356 g/mol. The number of nitrogens with zero attached hydrogens (tertiary/aromatic N) is 5. The van der Waals surface area contributed by atoms with Crippen LogP contribution in [0.4, 0.5) is 0 Å². The first-order valence-corrected chi connectivity index (χ1v) is 9.19. The van der Waals surface area contributed by atoms with E-state index in [1.807, 2.05) is 36.0 Å². The molecule has 0 amide bonds. The molecule has 0 bridgehead atoms. The van der Waals surface area contributed by atoms with Gasteiger partial charge in [-0.15, -0.1) is 0 Å². The summed E-state index contributed by atoms with van der Waals surface area (Å²) in [4.78, 5) is 20.4. The normalized spacial score (nSPS) is 11.6. The number of aryl methyl sites for hydroxylation is 2. The summed E-state index contributed by atoms with van der Waals surface area (Å²) in [5, 5.41) is 9.59. The van der Waals surface area contributed by atoms with Gasteiger partial charge in [-0.25, -0.2) is 4.98 Å². The van der Waals surface area contributed by atoms with Crippen molar-refractivity contribution in [3.8, 4) is 22.7 Å².